The third kappa shape index (κ3) is 3.73. The minimum absolute atomic E-state index is 0.0320. The Morgan fingerprint density at radius 1 is 1.24 bits per heavy atom. The van der Waals surface area contributed by atoms with Gasteiger partial charge in [-0.1, -0.05) is 15.9 Å². The number of nitriles is 1. The van der Waals surface area contributed by atoms with Crippen molar-refractivity contribution in [1.29, 1.82) is 5.26 Å². The van der Waals surface area contributed by atoms with Crippen LogP contribution in [0, 0.1) is 18.3 Å². The summed E-state index contributed by atoms with van der Waals surface area (Å²) in [6, 6.07) is 8.83. The molecule has 3 nitrogen and oxygen atoms in total. The number of hydrogen-bond acceptors (Lipinski definition) is 3. The van der Waals surface area contributed by atoms with Crippen molar-refractivity contribution in [2.45, 2.75) is 13.1 Å². The maximum Gasteiger partial charge on any atom is 0.417 e. The molecule has 1 aromatic carbocycles. The van der Waals surface area contributed by atoms with Gasteiger partial charge in [0.25, 0.3) is 0 Å². The van der Waals surface area contributed by atoms with Gasteiger partial charge in [0.05, 0.1) is 17.2 Å². The van der Waals surface area contributed by atoms with Crippen LogP contribution in [0.2, 0.25) is 0 Å². The monoisotopic (exact) mass is 355 g/mol. The van der Waals surface area contributed by atoms with E-state index >= 15 is 0 Å². The summed E-state index contributed by atoms with van der Waals surface area (Å²) in [6.07, 6.45) is -4.45. The van der Waals surface area contributed by atoms with Crippen molar-refractivity contribution < 1.29 is 13.2 Å². The van der Waals surface area contributed by atoms with Gasteiger partial charge in [-0.2, -0.15) is 18.4 Å². The molecule has 0 amide bonds. The number of anilines is 2. The van der Waals surface area contributed by atoms with E-state index in [4.69, 9.17) is 5.26 Å². The lowest BCUT2D eigenvalue weighted by atomic mass is 10.2. The Hall–Kier alpha value is -2.07. The molecule has 2 aromatic rings. The summed E-state index contributed by atoms with van der Waals surface area (Å²) < 4.78 is 38.5. The van der Waals surface area contributed by atoms with E-state index in [-0.39, 0.29) is 10.2 Å². The zero-order chi connectivity index (χ0) is 15.6. The molecule has 0 saturated carbocycles. The number of hydrogen-bond donors (Lipinski definition) is 1. The molecule has 1 N–H and O–H groups in total. The first kappa shape index (κ1) is 15.3. The highest BCUT2D eigenvalue weighted by molar-refractivity contribution is 9.10. The van der Waals surface area contributed by atoms with E-state index in [1.807, 2.05) is 6.07 Å². The number of benzene rings is 1. The molecule has 0 fully saturated rings. The minimum atomic E-state index is -4.45. The van der Waals surface area contributed by atoms with E-state index < -0.39 is 11.7 Å². The molecule has 0 bridgehead atoms. The molecule has 7 heteroatoms. The second-order valence-electron chi connectivity index (χ2n) is 4.31. The maximum absolute atomic E-state index is 12.8. The summed E-state index contributed by atoms with van der Waals surface area (Å²) in [4.78, 5) is 4.14. The Kier molecular flexibility index (Phi) is 4.19. The van der Waals surface area contributed by atoms with Gasteiger partial charge in [-0.15, -0.1) is 0 Å². The SMILES string of the molecule is Cc1cc(C#N)cc(Nc2ccc(Br)c(C(F)(F)F)c2)n1. The van der Waals surface area contributed by atoms with Crippen molar-refractivity contribution in [2.24, 2.45) is 0 Å². The molecule has 108 valence electrons. The van der Waals surface area contributed by atoms with Gasteiger partial charge in [0.1, 0.15) is 5.82 Å². The molecular formula is C14H9BrF3N3. The van der Waals surface area contributed by atoms with Crippen LogP contribution < -0.4 is 5.32 Å². The molecule has 1 heterocycles. The smallest absolute Gasteiger partial charge is 0.340 e. The molecular weight excluding hydrogens is 347 g/mol. The van der Waals surface area contributed by atoms with Crippen molar-refractivity contribution in [3.8, 4) is 6.07 Å². The highest BCUT2D eigenvalue weighted by Crippen LogP contribution is 2.36. The number of rotatable bonds is 2. The van der Waals surface area contributed by atoms with Crippen molar-refractivity contribution >= 4 is 27.4 Å². The normalized spacial score (nSPS) is 11.0. The third-order valence-corrected chi connectivity index (χ3v) is 3.32. The van der Waals surface area contributed by atoms with Crippen LogP contribution in [0.4, 0.5) is 24.7 Å². The number of aromatic nitrogens is 1. The Bertz CT molecular complexity index is 720. The van der Waals surface area contributed by atoms with Crippen LogP contribution in [0.25, 0.3) is 0 Å². The first-order valence-corrected chi connectivity index (χ1v) is 6.61. The molecule has 0 atom stereocenters. The second kappa shape index (κ2) is 5.74. The Balaban J connectivity index is 2.37. The summed E-state index contributed by atoms with van der Waals surface area (Å²) >= 11 is 2.88. The van der Waals surface area contributed by atoms with Crippen molar-refractivity contribution in [2.75, 3.05) is 5.32 Å². The van der Waals surface area contributed by atoms with Gasteiger partial charge in [0.2, 0.25) is 0 Å². The zero-order valence-electron chi connectivity index (χ0n) is 10.8. The van der Waals surface area contributed by atoms with Crippen LogP contribution in [0.1, 0.15) is 16.8 Å². The van der Waals surface area contributed by atoms with E-state index in [1.54, 1.807) is 13.0 Å². The first-order chi connectivity index (χ1) is 9.79. The molecule has 2 rings (SSSR count). The van der Waals surface area contributed by atoms with E-state index in [0.29, 0.717) is 17.1 Å². The van der Waals surface area contributed by atoms with Gasteiger partial charge < -0.3 is 5.32 Å². The van der Waals surface area contributed by atoms with Gasteiger partial charge in [0, 0.05) is 15.9 Å². The molecule has 21 heavy (non-hydrogen) atoms. The standard InChI is InChI=1S/C14H9BrF3N3/c1-8-4-9(7-19)5-13(20-8)21-10-2-3-12(15)11(6-10)14(16,17)18/h2-6H,1H3,(H,20,21). The number of aryl methyl sites for hydroxylation is 1. The maximum atomic E-state index is 12.8. The van der Waals surface area contributed by atoms with Crippen molar-refractivity contribution in [3.63, 3.8) is 0 Å². The predicted octanol–water partition coefficient (Wildman–Crippen LogP) is 4.79. The highest BCUT2D eigenvalue weighted by atomic mass is 79.9. The number of alkyl halides is 3. The molecule has 0 spiro atoms. The summed E-state index contributed by atoms with van der Waals surface area (Å²) in [7, 11) is 0. The van der Waals surface area contributed by atoms with Crippen molar-refractivity contribution in [1.82, 2.24) is 4.98 Å². The molecule has 0 aliphatic heterocycles. The van der Waals surface area contributed by atoms with Crippen LogP contribution in [0.5, 0.6) is 0 Å². The van der Waals surface area contributed by atoms with Gasteiger partial charge in [0.15, 0.2) is 0 Å². The van der Waals surface area contributed by atoms with E-state index in [1.165, 1.54) is 18.2 Å². The summed E-state index contributed by atoms with van der Waals surface area (Å²) in [5, 5.41) is 11.7. The number of nitrogens with zero attached hydrogens (tertiary/aromatic N) is 2. The topological polar surface area (TPSA) is 48.7 Å². The van der Waals surface area contributed by atoms with Crippen LogP contribution in [0.15, 0.2) is 34.8 Å². The van der Waals surface area contributed by atoms with Crippen LogP contribution in [-0.2, 0) is 6.18 Å². The molecule has 1 aromatic heterocycles. The fourth-order valence-corrected chi connectivity index (χ4v) is 2.24. The van der Waals surface area contributed by atoms with Crippen molar-refractivity contribution in [3.05, 3.63) is 51.6 Å². The van der Waals surface area contributed by atoms with Gasteiger partial charge in [-0.25, -0.2) is 4.98 Å². The minimum Gasteiger partial charge on any atom is -0.340 e. The Morgan fingerprint density at radius 2 is 1.95 bits per heavy atom. The fourth-order valence-electron chi connectivity index (χ4n) is 1.77. The number of halogens is 4. The molecule has 0 aliphatic carbocycles. The van der Waals surface area contributed by atoms with Gasteiger partial charge in [-0.3, -0.25) is 0 Å². The third-order valence-electron chi connectivity index (χ3n) is 2.63. The molecule has 0 aliphatic rings. The summed E-state index contributed by atoms with van der Waals surface area (Å²) in [5.74, 6) is 0.321. The average Bonchev–Trinajstić information content (AvgIpc) is 2.39. The van der Waals surface area contributed by atoms with Gasteiger partial charge in [-0.05, 0) is 37.3 Å². The van der Waals surface area contributed by atoms with Crippen LogP contribution >= 0.6 is 15.9 Å². The molecule has 0 unspecified atom stereocenters. The largest absolute Gasteiger partial charge is 0.417 e. The molecule has 0 saturated heterocycles. The predicted molar refractivity (Wildman–Crippen MR) is 76.1 cm³/mol. The molecule has 0 radical (unpaired) electrons. The Morgan fingerprint density at radius 3 is 2.57 bits per heavy atom. The van der Waals surface area contributed by atoms with E-state index in [9.17, 15) is 13.2 Å². The van der Waals surface area contributed by atoms with E-state index in [2.05, 4.69) is 26.2 Å². The lowest BCUT2D eigenvalue weighted by molar-refractivity contribution is -0.138. The number of pyridine rings is 1. The first-order valence-electron chi connectivity index (χ1n) is 5.82. The summed E-state index contributed by atoms with van der Waals surface area (Å²) in [5.41, 5.74) is 0.455. The fraction of sp³-hybridized carbons (Fsp3) is 0.143. The second-order valence-corrected chi connectivity index (χ2v) is 5.17. The number of nitrogens with one attached hydrogen (secondary N) is 1. The average molecular weight is 356 g/mol. The van der Waals surface area contributed by atoms with Crippen LogP contribution in [0.3, 0.4) is 0 Å². The highest BCUT2D eigenvalue weighted by Gasteiger charge is 2.33. The lowest BCUT2D eigenvalue weighted by Crippen LogP contribution is -2.07. The Labute approximate surface area is 127 Å². The quantitative estimate of drug-likeness (QED) is 0.842. The zero-order valence-corrected chi connectivity index (χ0v) is 12.4. The van der Waals surface area contributed by atoms with E-state index in [0.717, 1.165) is 6.07 Å². The van der Waals surface area contributed by atoms with Crippen LogP contribution in [-0.4, -0.2) is 4.98 Å². The van der Waals surface area contributed by atoms with Gasteiger partial charge >= 0.3 is 6.18 Å². The lowest BCUT2D eigenvalue weighted by Gasteiger charge is -2.12. The summed E-state index contributed by atoms with van der Waals surface area (Å²) in [6.45, 7) is 1.70.